The molecule has 0 radical (unpaired) electrons. The van der Waals surface area contributed by atoms with Gasteiger partial charge in [-0.15, -0.1) is 0 Å². The summed E-state index contributed by atoms with van der Waals surface area (Å²) < 4.78 is 40.1. The molecule has 0 spiro atoms. The number of pyridine rings is 1. The van der Waals surface area contributed by atoms with E-state index in [9.17, 15) is 18.4 Å². The van der Waals surface area contributed by atoms with Crippen molar-refractivity contribution in [1.82, 2.24) is 20.0 Å². The molecule has 2 amide bonds. The van der Waals surface area contributed by atoms with Gasteiger partial charge in [0, 0.05) is 25.4 Å². The van der Waals surface area contributed by atoms with E-state index < -0.39 is 35.8 Å². The Morgan fingerprint density at radius 1 is 1.15 bits per heavy atom. The first-order valence-electron chi connectivity index (χ1n) is 10.4. The largest absolute Gasteiger partial charge is 0.485 e. The van der Waals surface area contributed by atoms with Crippen LogP contribution in [0.1, 0.15) is 42.5 Å². The third-order valence-corrected chi connectivity index (χ3v) is 4.76. The standard InChI is InChI=1S/C23H25ClF2N4O4/c1-13-19(21(31)27-8-9-28-22(32)34-23(2,3)4)30-11-14(24)10-18(20(30)29-13)33-12-15-16(25)6-5-7-17(15)26/h5-7,10-11H,8-9,12H2,1-4H3,(H,27,31)(H,28,32). The van der Waals surface area contributed by atoms with Crippen LogP contribution >= 0.6 is 11.6 Å². The molecule has 0 saturated heterocycles. The molecule has 0 saturated carbocycles. The molecule has 0 bridgehead atoms. The number of aromatic nitrogens is 2. The highest BCUT2D eigenvalue weighted by Crippen LogP contribution is 2.28. The Hall–Kier alpha value is -3.40. The van der Waals surface area contributed by atoms with Crippen LogP contribution in [0, 0.1) is 18.6 Å². The number of alkyl carbamates (subject to hydrolysis) is 1. The minimum Gasteiger partial charge on any atom is -0.485 e. The van der Waals surface area contributed by atoms with Crippen LogP contribution in [0.2, 0.25) is 5.02 Å². The molecule has 3 rings (SSSR count). The van der Waals surface area contributed by atoms with Crippen LogP contribution in [0.3, 0.4) is 0 Å². The highest BCUT2D eigenvalue weighted by molar-refractivity contribution is 6.30. The summed E-state index contributed by atoms with van der Waals surface area (Å²) in [6, 6.07) is 4.98. The van der Waals surface area contributed by atoms with Crippen LogP contribution in [0.4, 0.5) is 13.6 Å². The fourth-order valence-corrected chi connectivity index (χ4v) is 3.33. The van der Waals surface area contributed by atoms with Crippen molar-refractivity contribution in [1.29, 1.82) is 0 Å². The summed E-state index contributed by atoms with van der Waals surface area (Å²) >= 11 is 6.20. The van der Waals surface area contributed by atoms with Crippen LogP contribution in [0.15, 0.2) is 30.5 Å². The van der Waals surface area contributed by atoms with Gasteiger partial charge in [0.25, 0.3) is 5.91 Å². The molecule has 182 valence electrons. The first-order valence-corrected chi connectivity index (χ1v) is 10.8. The van der Waals surface area contributed by atoms with E-state index in [0.717, 1.165) is 12.1 Å². The predicted octanol–water partition coefficient (Wildman–Crippen LogP) is 4.41. The van der Waals surface area contributed by atoms with Crippen molar-refractivity contribution in [3.63, 3.8) is 0 Å². The Morgan fingerprint density at radius 3 is 2.44 bits per heavy atom. The van der Waals surface area contributed by atoms with Crippen molar-refractivity contribution in [2.24, 2.45) is 0 Å². The molecule has 8 nitrogen and oxygen atoms in total. The van der Waals surface area contributed by atoms with Crippen molar-refractivity contribution in [3.05, 3.63) is 64.1 Å². The number of rotatable bonds is 7. The number of amides is 2. The maximum absolute atomic E-state index is 13.9. The molecule has 34 heavy (non-hydrogen) atoms. The van der Waals surface area contributed by atoms with E-state index in [0.29, 0.717) is 5.69 Å². The number of fused-ring (bicyclic) bond motifs is 1. The summed E-state index contributed by atoms with van der Waals surface area (Å²) in [6.07, 6.45) is 0.897. The molecule has 1 aromatic carbocycles. The fourth-order valence-electron chi connectivity index (χ4n) is 3.13. The van der Waals surface area contributed by atoms with Crippen molar-refractivity contribution in [2.75, 3.05) is 13.1 Å². The number of ether oxygens (including phenoxy) is 2. The van der Waals surface area contributed by atoms with E-state index in [-0.39, 0.29) is 40.8 Å². The zero-order chi connectivity index (χ0) is 25.0. The molecule has 0 atom stereocenters. The number of nitrogens with one attached hydrogen (secondary N) is 2. The summed E-state index contributed by atoms with van der Waals surface area (Å²) in [4.78, 5) is 28.9. The van der Waals surface area contributed by atoms with E-state index in [4.69, 9.17) is 21.1 Å². The Labute approximate surface area is 200 Å². The predicted molar refractivity (Wildman–Crippen MR) is 122 cm³/mol. The van der Waals surface area contributed by atoms with Crippen LogP contribution in [0.5, 0.6) is 5.75 Å². The van der Waals surface area contributed by atoms with Gasteiger partial charge in [-0.1, -0.05) is 17.7 Å². The zero-order valence-corrected chi connectivity index (χ0v) is 19.9. The summed E-state index contributed by atoms with van der Waals surface area (Å²) in [6.45, 7) is 6.78. The third-order valence-electron chi connectivity index (χ3n) is 4.55. The quantitative estimate of drug-likeness (QED) is 0.475. The lowest BCUT2D eigenvalue weighted by Crippen LogP contribution is -2.38. The Bertz CT molecular complexity index is 1200. The molecular weight excluding hydrogens is 470 g/mol. The zero-order valence-electron chi connectivity index (χ0n) is 19.2. The summed E-state index contributed by atoms with van der Waals surface area (Å²) in [5.41, 5.74) is -0.00794. The smallest absolute Gasteiger partial charge is 0.407 e. The lowest BCUT2D eigenvalue weighted by molar-refractivity contribution is 0.0526. The van der Waals surface area contributed by atoms with Crippen molar-refractivity contribution in [3.8, 4) is 5.75 Å². The molecule has 2 heterocycles. The molecule has 0 unspecified atom stereocenters. The maximum atomic E-state index is 13.9. The van der Waals surface area contributed by atoms with Gasteiger partial charge >= 0.3 is 6.09 Å². The monoisotopic (exact) mass is 494 g/mol. The molecule has 0 aliphatic rings. The van der Waals surface area contributed by atoms with Gasteiger partial charge in [0.15, 0.2) is 11.4 Å². The number of benzene rings is 1. The minimum atomic E-state index is -0.738. The van der Waals surface area contributed by atoms with Gasteiger partial charge in [0.2, 0.25) is 0 Å². The summed E-state index contributed by atoms with van der Waals surface area (Å²) in [5, 5.41) is 5.48. The van der Waals surface area contributed by atoms with E-state index >= 15 is 0 Å². The van der Waals surface area contributed by atoms with Crippen LogP contribution in [-0.2, 0) is 11.3 Å². The number of hydrogen-bond acceptors (Lipinski definition) is 5. The number of halogens is 3. The molecule has 11 heteroatoms. The fraction of sp³-hybridized carbons (Fsp3) is 0.348. The van der Waals surface area contributed by atoms with Crippen LogP contribution < -0.4 is 15.4 Å². The van der Waals surface area contributed by atoms with Crippen molar-refractivity contribution >= 4 is 29.2 Å². The van der Waals surface area contributed by atoms with Gasteiger partial charge in [-0.25, -0.2) is 18.6 Å². The van der Waals surface area contributed by atoms with Gasteiger partial charge in [-0.2, -0.15) is 0 Å². The Balaban J connectivity index is 1.73. The molecule has 0 fully saturated rings. The average molecular weight is 495 g/mol. The molecule has 2 aromatic heterocycles. The van der Waals surface area contributed by atoms with E-state index in [2.05, 4.69) is 15.6 Å². The molecule has 3 aromatic rings. The Morgan fingerprint density at radius 2 is 1.79 bits per heavy atom. The molecule has 0 aliphatic heterocycles. The maximum Gasteiger partial charge on any atom is 0.407 e. The lowest BCUT2D eigenvalue weighted by atomic mass is 10.2. The number of carbonyl (C=O) groups is 2. The average Bonchev–Trinajstić information content (AvgIpc) is 3.05. The molecular formula is C23H25ClF2N4O4. The second-order valence-corrected chi connectivity index (χ2v) is 8.87. The first kappa shape index (κ1) is 25.2. The van der Waals surface area contributed by atoms with E-state index in [1.54, 1.807) is 27.7 Å². The number of nitrogens with zero attached hydrogens (tertiary/aromatic N) is 2. The van der Waals surface area contributed by atoms with E-state index in [1.165, 1.54) is 22.7 Å². The lowest BCUT2D eigenvalue weighted by Gasteiger charge is -2.19. The van der Waals surface area contributed by atoms with Gasteiger partial charge < -0.3 is 20.1 Å². The highest BCUT2D eigenvalue weighted by atomic mass is 35.5. The van der Waals surface area contributed by atoms with Crippen LogP contribution in [-0.4, -0.2) is 40.1 Å². The number of imidazole rings is 1. The summed E-state index contributed by atoms with van der Waals surface area (Å²) in [7, 11) is 0. The van der Waals surface area contributed by atoms with Crippen molar-refractivity contribution < 1.29 is 27.8 Å². The number of aryl methyl sites for hydroxylation is 1. The second kappa shape index (κ2) is 10.3. The molecule has 2 N–H and O–H groups in total. The van der Waals surface area contributed by atoms with E-state index in [1.807, 2.05) is 0 Å². The molecule has 0 aliphatic carbocycles. The number of hydrogen-bond donors (Lipinski definition) is 2. The van der Waals surface area contributed by atoms with Gasteiger partial charge in [0.1, 0.15) is 29.5 Å². The summed E-state index contributed by atoms with van der Waals surface area (Å²) in [5.74, 6) is -1.77. The minimum absolute atomic E-state index is 0.140. The van der Waals surface area contributed by atoms with Crippen molar-refractivity contribution in [2.45, 2.75) is 39.9 Å². The van der Waals surface area contributed by atoms with Gasteiger partial charge in [-0.05, 0) is 39.8 Å². The first-order chi connectivity index (χ1) is 16.0. The topological polar surface area (TPSA) is 94.0 Å². The highest BCUT2D eigenvalue weighted by Gasteiger charge is 2.21. The normalized spacial score (nSPS) is 11.4. The number of carbonyl (C=O) groups excluding carboxylic acids is 2. The van der Waals surface area contributed by atoms with Gasteiger partial charge in [0.05, 0.1) is 16.3 Å². The van der Waals surface area contributed by atoms with Gasteiger partial charge in [-0.3, -0.25) is 9.20 Å². The SMILES string of the molecule is Cc1nc2c(OCc3c(F)cccc3F)cc(Cl)cn2c1C(=O)NCCNC(=O)OC(C)(C)C. The second-order valence-electron chi connectivity index (χ2n) is 8.44. The third kappa shape index (κ3) is 6.13. The Kier molecular flexibility index (Phi) is 7.61. The van der Waals surface area contributed by atoms with Crippen LogP contribution in [0.25, 0.3) is 5.65 Å².